The van der Waals surface area contributed by atoms with Crippen LogP contribution < -0.4 is 5.32 Å². The summed E-state index contributed by atoms with van der Waals surface area (Å²) in [5, 5.41) is 11.8. The number of aromatic amines is 1. The number of aromatic nitrogens is 3. The van der Waals surface area contributed by atoms with E-state index in [1.54, 1.807) is 18.0 Å². The molecule has 2 heterocycles. The van der Waals surface area contributed by atoms with Crippen molar-refractivity contribution >= 4 is 40.5 Å². The molecular weight excluding hydrogens is 364 g/mol. The number of nitrogens with one attached hydrogen (secondary N) is 2. The molecule has 2 aromatic carbocycles. The lowest BCUT2D eigenvalue weighted by atomic mass is 10.2. The Morgan fingerprint density at radius 1 is 1.07 bits per heavy atom. The van der Waals surface area contributed by atoms with Crippen LogP contribution in [-0.2, 0) is 0 Å². The Morgan fingerprint density at radius 3 is 2.75 bits per heavy atom. The van der Waals surface area contributed by atoms with Crippen molar-refractivity contribution in [3.63, 3.8) is 0 Å². The minimum atomic E-state index is 0.904. The van der Waals surface area contributed by atoms with Crippen molar-refractivity contribution < 1.29 is 0 Å². The predicted octanol–water partition coefficient (Wildman–Crippen LogP) is 5.47. The third-order valence-corrected chi connectivity index (χ3v) is 5.47. The Bertz CT molecular complexity index is 1150. The van der Waals surface area contributed by atoms with Gasteiger partial charge in [-0.2, -0.15) is 5.10 Å². The quantitative estimate of drug-likeness (QED) is 0.463. The van der Waals surface area contributed by atoms with Gasteiger partial charge in [-0.3, -0.25) is 10.1 Å². The summed E-state index contributed by atoms with van der Waals surface area (Å²) in [5.74, 6) is 0. The van der Waals surface area contributed by atoms with Crippen LogP contribution in [0.15, 0.2) is 83.2 Å². The van der Waals surface area contributed by atoms with Gasteiger partial charge in [-0.25, -0.2) is 0 Å². The smallest absolute Gasteiger partial charge is 0.0928 e. The first-order chi connectivity index (χ1) is 13.7. The molecule has 138 valence electrons. The molecule has 4 nitrogen and oxygen atoms in total. The first-order valence-electron chi connectivity index (χ1n) is 8.96. The molecule has 0 unspecified atom stereocenters. The van der Waals surface area contributed by atoms with E-state index in [1.807, 2.05) is 49.5 Å². The average Bonchev–Trinajstić information content (AvgIpc) is 3.15. The normalized spacial score (nSPS) is 11.2. The van der Waals surface area contributed by atoms with Crippen LogP contribution in [0.3, 0.4) is 0 Å². The zero-order valence-corrected chi connectivity index (χ0v) is 16.3. The molecule has 0 aliphatic carbocycles. The van der Waals surface area contributed by atoms with Gasteiger partial charge in [0.15, 0.2) is 0 Å². The van der Waals surface area contributed by atoms with Gasteiger partial charge in [-0.1, -0.05) is 42.6 Å². The summed E-state index contributed by atoms with van der Waals surface area (Å²) in [6, 6.07) is 20.5. The van der Waals surface area contributed by atoms with E-state index in [0.29, 0.717) is 0 Å². The van der Waals surface area contributed by atoms with Crippen LogP contribution in [0.5, 0.6) is 0 Å². The lowest BCUT2D eigenvalue weighted by Gasteiger charge is -2.11. The van der Waals surface area contributed by atoms with E-state index >= 15 is 0 Å². The molecule has 0 amide bonds. The highest BCUT2D eigenvalue weighted by Gasteiger charge is 2.09. The molecule has 0 radical (unpaired) electrons. The average molecular weight is 385 g/mol. The van der Waals surface area contributed by atoms with Gasteiger partial charge < -0.3 is 5.32 Å². The molecule has 0 bridgehead atoms. The fraction of sp³-hybridized carbons (Fsp3) is 0.0435. The van der Waals surface area contributed by atoms with Crippen LogP contribution in [0.25, 0.3) is 28.8 Å². The second-order valence-corrected chi connectivity index (χ2v) is 7.35. The molecule has 0 fully saturated rings. The monoisotopic (exact) mass is 384 g/mol. The summed E-state index contributed by atoms with van der Waals surface area (Å²) >= 11 is 1.72. The van der Waals surface area contributed by atoms with E-state index in [1.165, 1.54) is 0 Å². The van der Waals surface area contributed by atoms with E-state index < -0.39 is 0 Å². The van der Waals surface area contributed by atoms with Gasteiger partial charge in [-0.05, 0) is 48.6 Å². The number of pyridine rings is 1. The fourth-order valence-corrected chi connectivity index (χ4v) is 3.93. The Kier molecular flexibility index (Phi) is 5.26. The van der Waals surface area contributed by atoms with Crippen molar-refractivity contribution in [2.75, 3.05) is 7.05 Å². The maximum Gasteiger partial charge on any atom is 0.0928 e. The summed E-state index contributed by atoms with van der Waals surface area (Å²) < 4.78 is 0. The maximum absolute atomic E-state index is 4.44. The highest BCUT2D eigenvalue weighted by atomic mass is 32.2. The Morgan fingerprint density at radius 2 is 1.93 bits per heavy atom. The van der Waals surface area contributed by atoms with E-state index in [-0.39, 0.29) is 0 Å². The second-order valence-electron chi connectivity index (χ2n) is 6.23. The number of hydrogen-bond donors (Lipinski definition) is 2. The van der Waals surface area contributed by atoms with Crippen molar-refractivity contribution in [2.45, 2.75) is 9.79 Å². The molecule has 2 N–H and O–H groups in total. The molecule has 0 aliphatic rings. The first-order valence-corrected chi connectivity index (χ1v) is 9.77. The highest BCUT2D eigenvalue weighted by Crippen LogP contribution is 2.34. The first kappa shape index (κ1) is 18.1. The number of benzene rings is 2. The SMILES string of the molecule is C=C(NC)c1ccccc1Sc1ccc2c(/C=C/c3ccccn3)n[nH]c2c1. The Balaban J connectivity index is 1.60. The molecule has 4 rings (SSSR count). The third kappa shape index (κ3) is 3.85. The van der Waals surface area contributed by atoms with Gasteiger partial charge in [0.2, 0.25) is 0 Å². The summed E-state index contributed by atoms with van der Waals surface area (Å²) in [5.41, 5.74) is 4.84. The standard InChI is InChI=1S/C23H20N4S/c1-16(24-2)19-8-3-4-9-23(19)28-18-11-12-20-21(26-27-22(20)15-18)13-10-17-7-5-6-14-25-17/h3-15,24H,1H2,2H3,(H,26,27)/b13-10+. The van der Waals surface area contributed by atoms with E-state index in [2.05, 4.69) is 57.4 Å². The Labute approximate surface area is 168 Å². The number of rotatable bonds is 6. The van der Waals surface area contributed by atoms with Crippen molar-refractivity contribution in [3.8, 4) is 0 Å². The van der Waals surface area contributed by atoms with Crippen molar-refractivity contribution in [1.29, 1.82) is 0 Å². The molecule has 4 aromatic rings. The predicted molar refractivity (Wildman–Crippen MR) is 118 cm³/mol. The van der Waals surface area contributed by atoms with Crippen LogP contribution in [-0.4, -0.2) is 22.2 Å². The molecule has 0 spiro atoms. The van der Waals surface area contributed by atoms with Crippen molar-refractivity contribution in [3.05, 3.63) is 90.4 Å². The number of H-pyrrole nitrogens is 1. The molecule has 28 heavy (non-hydrogen) atoms. The van der Waals surface area contributed by atoms with Crippen molar-refractivity contribution in [1.82, 2.24) is 20.5 Å². The molecule has 2 aromatic heterocycles. The number of nitrogens with zero attached hydrogens (tertiary/aromatic N) is 2. The van der Waals surface area contributed by atoms with Gasteiger partial charge in [0.05, 0.1) is 16.9 Å². The van der Waals surface area contributed by atoms with Crippen LogP contribution in [0.1, 0.15) is 17.0 Å². The minimum absolute atomic E-state index is 0.904. The number of hydrogen-bond acceptors (Lipinski definition) is 4. The maximum atomic E-state index is 4.44. The lowest BCUT2D eigenvalue weighted by molar-refractivity contribution is 1.10. The van der Waals surface area contributed by atoms with E-state index in [4.69, 9.17) is 0 Å². The van der Waals surface area contributed by atoms with E-state index in [0.717, 1.165) is 43.3 Å². The van der Waals surface area contributed by atoms with Gasteiger partial charge in [0.1, 0.15) is 0 Å². The summed E-state index contributed by atoms with van der Waals surface area (Å²) in [7, 11) is 1.89. The van der Waals surface area contributed by atoms with Crippen molar-refractivity contribution in [2.24, 2.45) is 0 Å². The zero-order valence-electron chi connectivity index (χ0n) is 15.5. The van der Waals surface area contributed by atoms with Crippen LogP contribution in [0, 0.1) is 0 Å². The number of fused-ring (bicyclic) bond motifs is 1. The minimum Gasteiger partial charge on any atom is -0.388 e. The van der Waals surface area contributed by atoms with Gasteiger partial charge in [0, 0.05) is 39.7 Å². The third-order valence-electron chi connectivity index (χ3n) is 4.41. The molecule has 0 atom stereocenters. The van der Waals surface area contributed by atoms with Gasteiger partial charge >= 0.3 is 0 Å². The second kappa shape index (κ2) is 8.15. The van der Waals surface area contributed by atoms with Crippen LogP contribution >= 0.6 is 11.8 Å². The fourth-order valence-electron chi connectivity index (χ4n) is 2.92. The molecule has 0 aliphatic heterocycles. The van der Waals surface area contributed by atoms with Gasteiger partial charge in [0.25, 0.3) is 0 Å². The van der Waals surface area contributed by atoms with Crippen LogP contribution in [0.4, 0.5) is 0 Å². The topological polar surface area (TPSA) is 53.6 Å². The van der Waals surface area contributed by atoms with Gasteiger partial charge in [-0.15, -0.1) is 0 Å². The highest BCUT2D eigenvalue weighted by molar-refractivity contribution is 7.99. The zero-order chi connectivity index (χ0) is 19.3. The van der Waals surface area contributed by atoms with E-state index in [9.17, 15) is 0 Å². The molecule has 0 saturated heterocycles. The lowest BCUT2D eigenvalue weighted by Crippen LogP contribution is -2.03. The molecule has 5 heteroatoms. The van der Waals surface area contributed by atoms with Crippen LogP contribution in [0.2, 0.25) is 0 Å². The summed E-state index contributed by atoms with van der Waals surface area (Å²) in [6.07, 6.45) is 5.74. The largest absolute Gasteiger partial charge is 0.388 e. The molecular formula is C23H20N4S. The summed E-state index contributed by atoms with van der Waals surface area (Å²) in [4.78, 5) is 6.62. The molecule has 0 saturated carbocycles. The summed E-state index contributed by atoms with van der Waals surface area (Å²) in [6.45, 7) is 4.09. The Hall–Kier alpha value is -3.31.